The highest BCUT2D eigenvalue weighted by Crippen LogP contribution is 2.67. The highest BCUT2D eigenvalue weighted by atomic mass is 16.6. The van der Waals surface area contributed by atoms with Crippen molar-refractivity contribution in [3.8, 4) is 0 Å². The molecule has 1 aromatic rings. The van der Waals surface area contributed by atoms with Crippen molar-refractivity contribution in [2.75, 3.05) is 0 Å². The Kier molecular flexibility index (Phi) is 1.27. The van der Waals surface area contributed by atoms with Gasteiger partial charge >= 0.3 is 0 Å². The third-order valence-corrected chi connectivity index (χ3v) is 4.67. The quantitative estimate of drug-likeness (QED) is 0.655. The Hall–Kier alpha value is -0.830. The maximum atomic E-state index is 6.01. The molecule has 0 radical (unpaired) electrons. The number of aryl methyl sites for hydroxylation is 1. The number of hydrogen-bond acceptors (Lipinski definition) is 2. The summed E-state index contributed by atoms with van der Waals surface area (Å²) in [5.41, 5.74) is 2.03. The van der Waals surface area contributed by atoms with Crippen LogP contribution in [0.1, 0.15) is 37.8 Å². The molecule has 0 unspecified atom stereocenters. The van der Waals surface area contributed by atoms with Crippen molar-refractivity contribution in [3.05, 3.63) is 18.0 Å². The first-order chi connectivity index (χ1) is 7.24. The summed E-state index contributed by atoms with van der Waals surface area (Å²) in [6.07, 6.45) is 9.10. The maximum Gasteiger partial charge on any atom is 0.136 e. The summed E-state index contributed by atoms with van der Waals surface area (Å²) in [6.45, 7) is 0. The summed E-state index contributed by atoms with van der Waals surface area (Å²) in [6, 6.07) is 2.12. The largest absolute Gasteiger partial charge is 0.359 e. The maximum absolute atomic E-state index is 6.01. The zero-order chi connectivity index (χ0) is 10.1. The standard InChI is InChI=1S/C12H16N2O/c1-14-9(2-7-13-14)12-6-5-11(3-4-11)8-10(12)15-12/h2,7,10H,3-6,8H2,1H3/t10-,12-/m0/s1. The molecule has 2 saturated carbocycles. The van der Waals surface area contributed by atoms with E-state index in [0.717, 1.165) is 0 Å². The van der Waals surface area contributed by atoms with Gasteiger partial charge in [0.1, 0.15) is 5.60 Å². The van der Waals surface area contributed by atoms with Crippen molar-refractivity contribution in [3.63, 3.8) is 0 Å². The molecular formula is C12H16N2O. The predicted molar refractivity (Wildman–Crippen MR) is 55.3 cm³/mol. The number of rotatable bonds is 1. The summed E-state index contributed by atoms with van der Waals surface area (Å²) in [7, 11) is 2.02. The van der Waals surface area contributed by atoms with Crippen molar-refractivity contribution in [2.24, 2.45) is 12.5 Å². The van der Waals surface area contributed by atoms with Crippen LogP contribution in [0.5, 0.6) is 0 Å². The molecule has 3 nitrogen and oxygen atoms in total. The van der Waals surface area contributed by atoms with Gasteiger partial charge in [0.2, 0.25) is 0 Å². The van der Waals surface area contributed by atoms with Crippen molar-refractivity contribution >= 4 is 0 Å². The smallest absolute Gasteiger partial charge is 0.136 e. The van der Waals surface area contributed by atoms with E-state index >= 15 is 0 Å². The van der Waals surface area contributed by atoms with E-state index in [4.69, 9.17) is 4.74 Å². The Labute approximate surface area is 89.4 Å². The molecule has 1 aliphatic heterocycles. The summed E-state index contributed by atoms with van der Waals surface area (Å²) < 4.78 is 7.98. The number of epoxide rings is 1. The second-order valence-electron chi connectivity index (χ2n) is 5.54. The van der Waals surface area contributed by atoms with Crippen LogP contribution in [0, 0.1) is 5.41 Å². The van der Waals surface area contributed by atoms with Gasteiger partial charge in [-0.05, 0) is 43.6 Å². The topological polar surface area (TPSA) is 30.4 Å². The zero-order valence-electron chi connectivity index (χ0n) is 9.07. The molecule has 4 rings (SSSR count). The van der Waals surface area contributed by atoms with E-state index in [1.165, 1.54) is 37.8 Å². The average Bonchev–Trinajstić information content (AvgIpc) is 3.10. The lowest BCUT2D eigenvalue weighted by Gasteiger charge is -2.24. The zero-order valence-corrected chi connectivity index (χ0v) is 9.07. The van der Waals surface area contributed by atoms with E-state index in [1.807, 2.05) is 17.9 Å². The minimum Gasteiger partial charge on any atom is -0.359 e. The van der Waals surface area contributed by atoms with Crippen LogP contribution >= 0.6 is 0 Å². The van der Waals surface area contributed by atoms with Gasteiger partial charge in [-0.25, -0.2) is 0 Å². The van der Waals surface area contributed by atoms with Crippen molar-refractivity contribution in [1.29, 1.82) is 0 Å². The van der Waals surface area contributed by atoms with Crippen molar-refractivity contribution in [2.45, 2.75) is 43.8 Å². The fourth-order valence-electron chi connectivity index (χ4n) is 3.37. The van der Waals surface area contributed by atoms with Crippen LogP contribution in [0.3, 0.4) is 0 Å². The van der Waals surface area contributed by atoms with Gasteiger partial charge in [0.05, 0.1) is 11.8 Å². The molecule has 1 spiro atoms. The van der Waals surface area contributed by atoms with Gasteiger partial charge in [0.15, 0.2) is 0 Å². The van der Waals surface area contributed by atoms with E-state index in [9.17, 15) is 0 Å². The van der Waals surface area contributed by atoms with Gasteiger partial charge in [0.25, 0.3) is 0 Å². The molecule has 1 aromatic heterocycles. The first kappa shape index (κ1) is 8.34. The van der Waals surface area contributed by atoms with Crippen LogP contribution in [0.15, 0.2) is 12.3 Å². The lowest BCUT2D eigenvalue weighted by molar-refractivity contribution is 0.268. The highest BCUT2D eigenvalue weighted by molar-refractivity contribution is 5.26. The molecule has 0 amide bonds. The summed E-state index contributed by atoms with van der Waals surface area (Å²) in [5, 5.41) is 4.25. The van der Waals surface area contributed by atoms with Crippen LogP contribution in [0.25, 0.3) is 0 Å². The average molecular weight is 204 g/mol. The molecule has 3 heteroatoms. The molecular weight excluding hydrogens is 188 g/mol. The Balaban J connectivity index is 1.67. The van der Waals surface area contributed by atoms with Crippen LogP contribution in [0.2, 0.25) is 0 Å². The summed E-state index contributed by atoms with van der Waals surface area (Å²) >= 11 is 0. The molecule has 3 aliphatic rings. The Morgan fingerprint density at radius 2 is 2.20 bits per heavy atom. The lowest BCUT2D eigenvalue weighted by atomic mass is 9.78. The normalized spacial score (nSPS) is 40.2. The first-order valence-electron chi connectivity index (χ1n) is 5.91. The summed E-state index contributed by atoms with van der Waals surface area (Å²) in [5.74, 6) is 0. The highest BCUT2D eigenvalue weighted by Gasteiger charge is 2.66. The van der Waals surface area contributed by atoms with Gasteiger partial charge in [0, 0.05) is 13.2 Å². The minimum atomic E-state index is 0.0547. The Morgan fingerprint density at radius 1 is 1.40 bits per heavy atom. The molecule has 2 heterocycles. The van der Waals surface area contributed by atoms with Gasteiger partial charge in [-0.1, -0.05) is 0 Å². The summed E-state index contributed by atoms with van der Waals surface area (Å²) in [4.78, 5) is 0. The SMILES string of the molecule is Cn1nccc1[C@@]12CCC3(CC3)C[C@@H]1O2. The number of ether oxygens (including phenoxy) is 1. The molecule has 0 N–H and O–H groups in total. The van der Waals surface area contributed by atoms with Gasteiger partial charge in [-0.2, -0.15) is 5.10 Å². The molecule has 2 atom stereocenters. The number of hydrogen-bond donors (Lipinski definition) is 0. The predicted octanol–water partition coefficient (Wildman–Crippen LogP) is 1.98. The van der Waals surface area contributed by atoms with Gasteiger partial charge in [-0.15, -0.1) is 0 Å². The van der Waals surface area contributed by atoms with Crippen LogP contribution in [-0.2, 0) is 17.4 Å². The third-order valence-electron chi connectivity index (χ3n) is 4.67. The second-order valence-corrected chi connectivity index (χ2v) is 5.54. The van der Waals surface area contributed by atoms with Crippen molar-refractivity contribution < 1.29 is 4.74 Å². The van der Waals surface area contributed by atoms with E-state index in [1.54, 1.807) is 0 Å². The van der Waals surface area contributed by atoms with E-state index in [2.05, 4.69) is 11.2 Å². The molecule has 1 saturated heterocycles. The fraction of sp³-hybridized carbons (Fsp3) is 0.750. The molecule has 0 bridgehead atoms. The first-order valence-corrected chi connectivity index (χ1v) is 5.91. The molecule has 0 aromatic carbocycles. The number of nitrogens with zero attached hydrogens (tertiary/aromatic N) is 2. The van der Waals surface area contributed by atoms with Crippen LogP contribution in [0.4, 0.5) is 0 Å². The molecule has 80 valence electrons. The van der Waals surface area contributed by atoms with Crippen molar-refractivity contribution in [1.82, 2.24) is 9.78 Å². The van der Waals surface area contributed by atoms with E-state index in [-0.39, 0.29) is 5.60 Å². The number of fused-ring (bicyclic) bond motifs is 1. The number of aromatic nitrogens is 2. The van der Waals surface area contributed by atoms with Gasteiger partial charge < -0.3 is 4.74 Å². The van der Waals surface area contributed by atoms with Gasteiger partial charge in [-0.3, -0.25) is 4.68 Å². The minimum absolute atomic E-state index is 0.0547. The molecule has 3 fully saturated rings. The van der Waals surface area contributed by atoms with E-state index in [0.29, 0.717) is 11.5 Å². The second kappa shape index (κ2) is 2.29. The lowest BCUT2D eigenvalue weighted by Crippen LogP contribution is -2.25. The Morgan fingerprint density at radius 3 is 2.80 bits per heavy atom. The van der Waals surface area contributed by atoms with E-state index < -0.39 is 0 Å². The Bertz CT molecular complexity index is 421. The third kappa shape index (κ3) is 0.969. The fourth-order valence-corrected chi connectivity index (χ4v) is 3.37. The van der Waals surface area contributed by atoms with Crippen LogP contribution in [-0.4, -0.2) is 15.9 Å². The van der Waals surface area contributed by atoms with Crippen LogP contribution < -0.4 is 0 Å². The molecule has 15 heavy (non-hydrogen) atoms. The monoisotopic (exact) mass is 204 g/mol. The molecule has 2 aliphatic carbocycles.